The van der Waals surface area contributed by atoms with Crippen molar-refractivity contribution in [1.82, 2.24) is 5.32 Å². The molecule has 4 N–H and O–H groups in total. The molecular weight excluding hydrogens is 202 g/mol. The van der Waals surface area contributed by atoms with Crippen LogP contribution in [0.4, 0.5) is 5.69 Å². The fourth-order valence-electron chi connectivity index (χ4n) is 2.79. The van der Waals surface area contributed by atoms with Crippen molar-refractivity contribution < 1.29 is 4.79 Å². The predicted molar refractivity (Wildman–Crippen MR) is 62.6 cm³/mol. The number of hydrogen-bond acceptors (Lipinski definition) is 3. The normalized spacial score (nSPS) is 26.8. The molecule has 0 radical (unpaired) electrons. The highest BCUT2D eigenvalue weighted by Gasteiger charge is 2.41. The third kappa shape index (κ3) is 1.23. The van der Waals surface area contributed by atoms with Gasteiger partial charge in [-0.1, -0.05) is 6.07 Å². The number of benzene rings is 1. The smallest absolute Gasteiger partial charge is 0.248 e. The molecule has 4 heteroatoms. The molecule has 84 valence electrons. The van der Waals surface area contributed by atoms with Crippen LogP contribution in [0, 0.1) is 0 Å². The molecule has 1 aromatic rings. The molecule has 1 unspecified atom stereocenters. The maximum Gasteiger partial charge on any atom is 0.248 e. The van der Waals surface area contributed by atoms with Gasteiger partial charge in [0.25, 0.3) is 0 Å². The number of primary amides is 1. The van der Waals surface area contributed by atoms with E-state index in [0.29, 0.717) is 5.56 Å². The van der Waals surface area contributed by atoms with E-state index in [2.05, 4.69) is 10.6 Å². The predicted octanol–water partition coefficient (Wildman–Crippen LogP) is 0.442. The van der Waals surface area contributed by atoms with Gasteiger partial charge in [0.1, 0.15) is 0 Å². The Bertz CT molecular complexity index is 450. The zero-order chi connectivity index (χ0) is 11.2. The van der Waals surface area contributed by atoms with Crippen molar-refractivity contribution in [3.8, 4) is 0 Å². The molecular formula is C12H15N3O. The van der Waals surface area contributed by atoms with Gasteiger partial charge in [-0.15, -0.1) is 0 Å². The number of nitrogens with two attached hydrogens (primary N) is 1. The first-order chi connectivity index (χ1) is 7.71. The van der Waals surface area contributed by atoms with Gasteiger partial charge in [0.15, 0.2) is 0 Å². The number of anilines is 1. The fourth-order valence-corrected chi connectivity index (χ4v) is 2.79. The van der Waals surface area contributed by atoms with Gasteiger partial charge in [-0.25, -0.2) is 0 Å². The topological polar surface area (TPSA) is 67.2 Å². The van der Waals surface area contributed by atoms with E-state index in [1.807, 2.05) is 18.2 Å². The maximum atomic E-state index is 11.1. The largest absolute Gasteiger partial charge is 0.384 e. The minimum atomic E-state index is -0.366. The van der Waals surface area contributed by atoms with Crippen molar-refractivity contribution in [1.29, 1.82) is 0 Å². The maximum absolute atomic E-state index is 11.1. The molecule has 1 aromatic carbocycles. The van der Waals surface area contributed by atoms with Crippen LogP contribution >= 0.6 is 0 Å². The number of fused-ring (bicyclic) bond motifs is 2. The second kappa shape index (κ2) is 3.22. The molecule has 0 bridgehead atoms. The molecule has 4 nitrogen and oxygen atoms in total. The van der Waals surface area contributed by atoms with E-state index >= 15 is 0 Å². The van der Waals surface area contributed by atoms with Crippen LogP contribution in [0.3, 0.4) is 0 Å². The molecule has 1 atom stereocenters. The Kier molecular flexibility index (Phi) is 1.94. The SMILES string of the molecule is NC(=O)c1ccc2c(c1)NCC21CCNC1. The number of amides is 1. The van der Waals surface area contributed by atoms with Gasteiger partial charge in [-0.2, -0.15) is 0 Å². The van der Waals surface area contributed by atoms with Gasteiger partial charge < -0.3 is 16.4 Å². The van der Waals surface area contributed by atoms with Gasteiger partial charge in [-0.05, 0) is 30.7 Å². The van der Waals surface area contributed by atoms with Crippen LogP contribution in [0.2, 0.25) is 0 Å². The third-order valence-corrected chi connectivity index (χ3v) is 3.74. The lowest BCUT2D eigenvalue weighted by Gasteiger charge is -2.21. The van der Waals surface area contributed by atoms with Gasteiger partial charge in [0.2, 0.25) is 5.91 Å². The third-order valence-electron chi connectivity index (χ3n) is 3.74. The Morgan fingerprint density at radius 2 is 2.25 bits per heavy atom. The molecule has 1 amide bonds. The molecule has 3 rings (SSSR count). The lowest BCUT2D eigenvalue weighted by molar-refractivity contribution is 0.100. The second-order valence-corrected chi connectivity index (χ2v) is 4.69. The van der Waals surface area contributed by atoms with Crippen LogP contribution in [-0.4, -0.2) is 25.5 Å². The fraction of sp³-hybridized carbons (Fsp3) is 0.417. The molecule has 1 spiro atoms. The Morgan fingerprint density at radius 3 is 2.94 bits per heavy atom. The molecule has 16 heavy (non-hydrogen) atoms. The zero-order valence-corrected chi connectivity index (χ0v) is 9.05. The van der Waals surface area contributed by atoms with Crippen LogP contribution < -0.4 is 16.4 Å². The Morgan fingerprint density at radius 1 is 1.38 bits per heavy atom. The summed E-state index contributed by atoms with van der Waals surface area (Å²) in [5, 5.41) is 6.78. The van der Waals surface area contributed by atoms with Crippen molar-refractivity contribution in [2.75, 3.05) is 25.0 Å². The van der Waals surface area contributed by atoms with Gasteiger partial charge >= 0.3 is 0 Å². The Labute approximate surface area is 94.2 Å². The standard InChI is InChI=1S/C12H15N3O/c13-11(16)8-1-2-9-10(5-8)15-7-12(9)3-4-14-6-12/h1-2,5,14-15H,3-4,6-7H2,(H2,13,16). The number of carbonyl (C=O) groups excluding carboxylic acids is 1. The van der Waals surface area contributed by atoms with Crippen LogP contribution in [0.1, 0.15) is 22.3 Å². The second-order valence-electron chi connectivity index (χ2n) is 4.69. The monoisotopic (exact) mass is 217 g/mol. The van der Waals surface area contributed by atoms with Crippen molar-refractivity contribution in [3.05, 3.63) is 29.3 Å². The summed E-state index contributed by atoms with van der Waals surface area (Å²) in [6.45, 7) is 3.04. The van der Waals surface area contributed by atoms with Gasteiger partial charge in [0, 0.05) is 29.8 Å². The lowest BCUT2D eigenvalue weighted by atomic mass is 9.81. The van der Waals surface area contributed by atoms with Gasteiger partial charge in [-0.3, -0.25) is 4.79 Å². The number of rotatable bonds is 1. The molecule has 0 aliphatic carbocycles. The minimum Gasteiger partial charge on any atom is -0.384 e. The Balaban J connectivity index is 2.05. The summed E-state index contributed by atoms with van der Waals surface area (Å²) in [7, 11) is 0. The minimum absolute atomic E-state index is 0.228. The van der Waals surface area contributed by atoms with Crippen LogP contribution in [-0.2, 0) is 5.41 Å². The number of hydrogen-bond donors (Lipinski definition) is 3. The summed E-state index contributed by atoms with van der Waals surface area (Å²) < 4.78 is 0. The van der Waals surface area contributed by atoms with Crippen molar-refractivity contribution in [2.45, 2.75) is 11.8 Å². The van der Waals surface area contributed by atoms with E-state index in [4.69, 9.17) is 5.73 Å². The highest BCUT2D eigenvalue weighted by Crippen LogP contribution is 2.41. The first-order valence-electron chi connectivity index (χ1n) is 5.60. The van der Waals surface area contributed by atoms with E-state index in [9.17, 15) is 4.79 Å². The van der Waals surface area contributed by atoms with E-state index in [1.165, 1.54) is 5.56 Å². The summed E-state index contributed by atoms with van der Waals surface area (Å²) in [6, 6.07) is 5.74. The summed E-state index contributed by atoms with van der Waals surface area (Å²) in [4.78, 5) is 11.1. The molecule has 1 fully saturated rings. The summed E-state index contributed by atoms with van der Waals surface area (Å²) in [6.07, 6.45) is 1.16. The number of carbonyl (C=O) groups is 1. The summed E-state index contributed by atoms with van der Waals surface area (Å²) in [5.74, 6) is -0.366. The van der Waals surface area contributed by atoms with Gasteiger partial charge in [0.05, 0.1) is 0 Å². The highest BCUT2D eigenvalue weighted by molar-refractivity contribution is 5.94. The first-order valence-corrected chi connectivity index (χ1v) is 5.60. The number of nitrogens with one attached hydrogen (secondary N) is 2. The quantitative estimate of drug-likeness (QED) is 0.639. The molecule has 2 aliphatic rings. The summed E-state index contributed by atoms with van der Waals surface area (Å²) >= 11 is 0. The molecule has 1 saturated heterocycles. The highest BCUT2D eigenvalue weighted by atomic mass is 16.1. The van der Waals surface area contributed by atoms with E-state index in [0.717, 1.165) is 31.7 Å². The van der Waals surface area contributed by atoms with Crippen molar-refractivity contribution in [2.24, 2.45) is 5.73 Å². The van der Waals surface area contributed by atoms with Crippen molar-refractivity contribution in [3.63, 3.8) is 0 Å². The molecule has 0 aromatic heterocycles. The van der Waals surface area contributed by atoms with E-state index in [-0.39, 0.29) is 11.3 Å². The van der Waals surface area contributed by atoms with Crippen molar-refractivity contribution >= 4 is 11.6 Å². The van der Waals surface area contributed by atoms with E-state index < -0.39 is 0 Å². The average molecular weight is 217 g/mol. The lowest BCUT2D eigenvalue weighted by Crippen LogP contribution is -2.30. The van der Waals surface area contributed by atoms with Crippen LogP contribution in [0.25, 0.3) is 0 Å². The van der Waals surface area contributed by atoms with Crippen LogP contribution in [0.5, 0.6) is 0 Å². The van der Waals surface area contributed by atoms with Crippen LogP contribution in [0.15, 0.2) is 18.2 Å². The summed E-state index contributed by atoms with van der Waals surface area (Å²) in [5.41, 5.74) is 8.47. The Hall–Kier alpha value is -1.55. The zero-order valence-electron chi connectivity index (χ0n) is 9.05. The molecule has 2 heterocycles. The van der Waals surface area contributed by atoms with E-state index in [1.54, 1.807) is 0 Å². The average Bonchev–Trinajstić information content (AvgIpc) is 2.88. The first kappa shape index (κ1) is 9.66. The molecule has 0 saturated carbocycles. The molecule has 2 aliphatic heterocycles.